The van der Waals surface area contributed by atoms with Crippen molar-refractivity contribution in [2.24, 2.45) is 0 Å². The van der Waals surface area contributed by atoms with Gasteiger partial charge in [0.05, 0.1) is 6.07 Å². The summed E-state index contributed by atoms with van der Waals surface area (Å²) in [5.74, 6) is 0.992. The molecule has 100 valence electrons. The zero-order valence-corrected chi connectivity index (χ0v) is 12.6. The first-order valence-corrected chi connectivity index (χ1v) is 8.08. The van der Waals surface area contributed by atoms with E-state index in [4.69, 9.17) is 0 Å². The molecular weight excluding hydrogens is 264 g/mol. The monoisotopic (exact) mass is 284 g/mol. The molecule has 0 spiro atoms. The summed E-state index contributed by atoms with van der Waals surface area (Å²) >= 11 is 3.15. The molecule has 18 heavy (non-hydrogen) atoms. The van der Waals surface area contributed by atoms with Gasteiger partial charge in [-0.1, -0.05) is 25.6 Å². The zero-order chi connectivity index (χ0) is 13.3. The topological polar surface area (TPSA) is 61.6 Å². The molecule has 1 rings (SSSR count). The molecule has 0 aliphatic rings. The van der Waals surface area contributed by atoms with Crippen LogP contribution < -0.4 is 5.32 Å². The fraction of sp³-hybridized carbons (Fsp3) is 0.750. The molecule has 1 aromatic heterocycles. The number of hydrogen-bond acceptors (Lipinski definition) is 6. The Balaban J connectivity index is 2.31. The van der Waals surface area contributed by atoms with Gasteiger partial charge >= 0.3 is 0 Å². The smallest absolute Gasteiger partial charge is 0.169 e. The Labute approximate surface area is 117 Å². The lowest BCUT2D eigenvalue weighted by atomic mass is 9.92. The molecule has 0 aromatic carbocycles. The van der Waals surface area contributed by atoms with Crippen LogP contribution in [0, 0.1) is 11.3 Å². The average molecular weight is 284 g/mol. The summed E-state index contributed by atoms with van der Waals surface area (Å²) in [6.07, 6.45) is 5.41. The molecule has 6 heteroatoms. The molecule has 1 aromatic rings. The van der Waals surface area contributed by atoms with Crippen LogP contribution in [0.4, 0.5) is 0 Å². The van der Waals surface area contributed by atoms with Gasteiger partial charge in [-0.15, -0.1) is 0 Å². The lowest BCUT2D eigenvalue weighted by Gasteiger charge is -2.26. The van der Waals surface area contributed by atoms with Crippen LogP contribution in [-0.2, 0) is 0 Å². The highest BCUT2D eigenvalue weighted by atomic mass is 32.2. The number of nitrogens with one attached hydrogen (secondary N) is 1. The molecule has 1 N–H and O–H groups in total. The lowest BCUT2D eigenvalue weighted by molar-refractivity contribution is 0.371. The molecule has 0 saturated carbocycles. The van der Waals surface area contributed by atoms with E-state index in [1.807, 2.05) is 0 Å². The number of thioether (sulfide) groups is 1. The predicted molar refractivity (Wildman–Crippen MR) is 76.8 cm³/mol. The minimum atomic E-state index is -0.350. The van der Waals surface area contributed by atoms with Crippen LogP contribution >= 0.6 is 23.3 Å². The summed E-state index contributed by atoms with van der Waals surface area (Å²) in [5.41, 5.74) is -0.350. The van der Waals surface area contributed by atoms with E-state index in [1.54, 1.807) is 18.1 Å². The van der Waals surface area contributed by atoms with E-state index in [1.165, 1.54) is 11.5 Å². The van der Waals surface area contributed by atoms with Crippen molar-refractivity contribution >= 4 is 23.3 Å². The Morgan fingerprint density at radius 2 is 2.39 bits per heavy atom. The van der Waals surface area contributed by atoms with Gasteiger partial charge in [-0.2, -0.15) is 9.64 Å². The van der Waals surface area contributed by atoms with Gasteiger partial charge in [-0.3, -0.25) is 5.32 Å². The standard InChI is InChI=1S/C12H20N4S2/c1-3-7-15-12(4-2,9-13)6-5-8-17-11-14-10-16-18-11/h10,15H,3-8H2,1-2H3. The Kier molecular flexibility index (Phi) is 7.25. The molecule has 1 atom stereocenters. The van der Waals surface area contributed by atoms with Gasteiger partial charge in [0.15, 0.2) is 4.34 Å². The van der Waals surface area contributed by atoms with Gasteiger partial charge in [-0.25, -0.2) is 4.98 Å². The molecule has 1 unspecified atom stereocenters. The highest BCUT2D eigenvalue weighted by Gasteiger charge is 2.26. The number of nitriles is 1. The van der Waals surface area contributed by atoms with Crippen molar-refractivity contribution < 1.29 is 0 Å². The first-order chi connectivity index (χ1) is 8.76. The first-order valence-electron chi connectivity index (χ1n) is 6.32. The van der Waals surface area contributed by atoms with E-state index in [-0.39, 0.29) is 5.54 Å². The maximum absolute atomic E-state index is 9.35. The predicted octanol–water partition coefficient (Wildman–Crippen LogP) is 3.08. The van der Waals surface area contributed by atoms with Crippen molar-refractivity contribution in [3.05, 3.63) is 6.33 Å². The molecular formula is C12H20N4S2. The van der Waals surface area contributed by atoms with Crippen molar-refractivity contribution in [3.8, 4) is 6.07 Å². The van der Waals surface area contributed by atoms with Gasteiger partial charge in [-0.05, 0) is 43.8 Å². The van der Waals surface area contributed by atoms with Gasteiger partial charge in [0, 0.05) is 5.75 Å². The Morgan fingerprint density at radius 1 is 1.56 bits per heavy atom. The highest BCUT2D eigenvalue weighted by molar-refractivity contribution is 8.00. The van der Waals surface area contributed by atoms with Gasteiger partial charge in [0.2, 0.25) is 0 Å². The van der Waals surface area contributed by atoms with E-state index in [0.29, 0.717) is 0 Å². The molecule has 0 amide bonds. The van der Waals surface area contributed by atoms with Crippen LogP contribution in [0.25, 0.3) is 0 Å². The normalized spacial score (nSPS) is 14.1. The Morgan fingerprint density at radius 3 is 2.94 bits per heavy atom. The summed E-state index contributed by atoms with van der Waals surface area (Å²) in [6.45, 7) is 5.10. The maximum Gasteiger partial charge on any atom is 0.169 e. The largest absolute Gasteiger partial charge is 0.299 e. The van der Waals surface area contributed by atoms with Gasteiger partial charge in [0.25, 0.3) is 0 Å². The van der Waals surface area contributed by atoms with Crippen LogP contribution in [0.2, 0.25) is 0 Å². The van der Waals surface area contributed by atoms with E-state index < -0.39 is 0 Å². The first kappa shape index (κ1) is 15.4. The molecule has 4 nitrogen and oxygen atoms in total. The Hall–Kier alpha value is -0.640. The van der Waals surface area contributed by atoms with Crippen LogP contribution in [0.3, 0.4) is 0 Å². The number of nitrogens with zero attached hydrogens (tertiary/aromatic N) is 3. The van der Waals surface area contributed by atoms with Crippen molar-refractivity contribution in [2.75, 3.05) is 12.3 Å². The Bertz CT molecular complexity index is 361. The van der Waals surface area contributed by atoms with Crippen LogP contribution in [0.5, 0.6) is 0 Å². The second-order valence-corrected chi connectivity index (χ2v) is 6.26. The number of rotatable bonds is 9. The number of aromatic nitrogens is 2. The quantitative estimate of drug-likeness (QED) is 0.558. The number of hydrogen-bond donors (Lipinski definition) is 1. The molecule has 0 saturated heterocycles. The van der Waals surface area contributed by atoms with E-state index in [2.05, 4.69) is 34.6 Å². The van der Waals surface area contributed by atoms with E-state index in [9.17, 15) is 5.26 Å². The summed E-state index contributed by atoms with van der Waals surface area (Å²) in [4.78, 5) is 4.13. The fourth-order valence-corrected chi connectivity index (χ4v) is 3.14. The average Bonchev–Trinajstić information content (AvgIpc) is 2.92. The van der Waals surface area contributed by atoms with E-state index in [0.717, 1.165) is 42.3 Å². The molecule has 0 bridgehead atoms. The molecule has 1 heterocycles. The van der Waals surface area contributed by atoms with Crippen LogP contribution in [0.15, 0.2) is 10.7 Å². The van der Waals surface area contributed by atoms with Crippen LogP contribution in [-0.4, -0.2) is 27.2 Å². The minimum absolute atomic E-state index is 0.350. The van der Waals surface area contributed by atoms with Gasteiger partial charge < -0.3 is 0 Å². The minimum Gasteiger partial charge on any atom is -0.299 e. The van der Waals surface area contributed by atoms with E-state index >= 15 is 0 Å². The van der Waals surface area contributed by atoms with Gasteiger partial charge in [0.1, 0.15) is 11.9 Å². The lowest BCUT2D eigenvalue weighted by Crippen LogP contribution is -2.43. The molecule has 0 fully saturated rings. The van der Waals surface area contributed by atoms with Crippen LogP contribution in [0.1, 0.15) is 39.5 Å². The maximum atomic E-state index is 9.35. The summed E-state index contributed by atoms with van der Waals surface area (Å²) in [5, 5.41) is 12.7. The molecule has 0 aliphatic heterocycles. The second-order valence-electron chi connectivity index (χ2n) is 4.13. The molecule has 0 aliphatic carbocycles. The zero-order valence-electron chi connectivity index (χ0n) is 11.0. The fourth-order valence-electron chi connectivity index (χ4n) is 1.69. The summed E-state index contributed by atoms with van der Waals surface area (Å²) < 4.78 is 4.98. The summed E-state index contributed by atoms with van der Waals surface area (Å²) in [6, 6.07) is 2.45. The third-order valence-electron chi connectivity index (χ3n) is 2.85. The third-order valence-corrected chi connectivity index (χ3v) is 4.73. The van der Waals surface area contributed by atoms with Crippen molar-refractivity contribution in [1.82, 2.24) is 14.7 Å². The third kappa shape index (κ3) is 4.92. The highest BCUT2D eigenvalue weighted by Crippen LogP contribution is 2.23. The SMILES string of the molecule is CCCNC(C#N)(CC)CCCSc1ncns1. The summed E-state index contributed by atoms with van der Waals surface area (Å²) in [7, 11) is 0. The van der Waals surface area contributed by atoms with Crippen molar-refractivity contribution in [3.63, 3.8) is 0 Å². The van der Waals surface area contributed by atoms with Crippen molar-refractivity contribution in [1.29, 1.82) is 5.26 Å². The van der Waals surface area contributed by atoms with Crippen molar-refractivity contribution in [2.45, 2.75) is 49.4 Å². The second kappa shape index (κ2) is 8.46. The molecule has 0 radical (unpaired) electrons.